The second-order valence-electron chi connectivity index (χ2n) is 4.57. The van der Waals surface area contributed by atoms with Crippen LogP contribution in [0.25, 0.3) is 0 Å². The largest absolute Gasteiger partial charge is 0.338 e. The van der Waals surface area contributed by atoms with E-state index in [4.69, 9.17) is 10.3 Å². The van der Waals surface area contributed by atoms with Crippen LogP contribution in [-0.2, 0) is 11.3 Å². The van der Waals surface area contributed by atoms with Crippen LogP contribution < -0.4 is 5.73 Å². The number of aryl methyl sites for hydroxylation is 1. The molecule has 2 aromatic rings. The minimum Gasteiger partial charge on any atom is -0.338 e. The fraction of sp³-hybridized carbons (Fsp3) is 0.455. The van der Waals surface area contributed by atoms with E-state index in [1.54, 1.807) is 12.4 Å². The first-order valence-electron chi connectivity index (χ1n) is 5.48. The molecule has 0 amide bonds. The van der Waals surface area contributed by atoms with Gasteiger partial charge in [-0.2, -0.15) is 4.98 Å². The molecule has 0 saturated heterocycles. The van der Waals surface area contributed by atoms with Gasteiger partial charge in [0.1, 0.15) is 0 Å². The van der Waals surface area contributed by atoms with E-state index in [1.165, 1.54) is 11.8 Å². The van der Waals surface area contributed by atoms with Gasteiger partial charge in [0.25, 0.3) is 0 Å². The number of rotatable bonds is 4. The maximum atomic E-state index is 5.88. The molecule has 0 aliphatic heterocycles. The van der Waals surface area contributed by atoms with Gasteiger partial charge in [-0.25, -0.2) is 9.97 Å². The zero-order chi connectivity index (χ0) is 13.2. The lowest BCUT2D eigenvalue weighted by atomic mass is 10.1. The highest BCUT2D eigenvalue weighted by Gasteiger charge is 2.21. The fourth-order valence-electron chi connectivity index (χ4n) is 1.16. The lowest BCUT2D eigenvalue weighted by molar-refractivity contribution is 0.369. The summed E-state index contributed by atoms with van der Waals surface area (Å²) in [5.74, 6) is 1.56. The number of nitrogens with zero attached hydrogens (tertiary/aromatic N) is 4. The summed E-state index contributed by atoms with van der Waals surface area (Å²) in [7, 11) is 0. The van der Waals surface area contributed by atoms with Crippen molar-refractivity contribution in [2.75, 3.05) is 0 Å². The molecule has 2 rings (SSSR count). The third-order valence-corrected chi connectivity index (χ3v) is 2.99. The highest BCUT2D eigenvalue weighted by Crippen LogP contribution is 2.19. The molecule has 0 atom stereocenters. The van der Waals surface area contributed by atoms with E-state index >= 15 is 0 Å². The van der Waals surface area contributed by atoms with Gasteiger partial charge in [-0.3, -0.25) is 0 Å². The molecular formula is C11H15N5OS. The predicted octanol–water partition coefficient (Wildman–Crippen LogP) is 1.65. The van der Waals surface area contributed by atoms with E-state index in [0.29, 0.717) is 22.6 Å². The molecule has 0 bridgehead atoms. The summed E-state index contributed by atoms with van der Waals surface area (Å²) in [6.07, 6.45) is 3.55. The van der Waals surface area contributed by atoms with Gasteiger partial charge >= 0.3 is 0 Å². The minimum absolute atomic E-state index is 0.503. The molecule has 2 N–H and O–H groups in total. The SMILES string of the molecule is Cc1cnc(SCc2nc(C(C)(C)N)no2)nc1. The fourth-order valence-corrected chi connectivity index (χ4v) is 1.78. The van der Waals surface area contributed by atoms with Gasteiger partial charge in [-0.1, -0.05) is 16.9 Å². The van der Waals surface area contributed by atoms with Crippen molar-refractivity contribution < 1.29 is 4.52 Å². The molecule has 0 aromatic carbocycles. The highest BCUT2D eigenvalue weighted by atomic mass is 32.2. The molecule has 18 heavy (non-hydrogen) atoms. The smallest absolute Gasteiger partial charge is 0.237 e. The van der Waals surface area contributed by atoms with E-state index in [-0.39, 0.29) is 0 Å². The summed E-state index contributed by atoms with van der Waals surface area (Å²) in [6.45, 7) is 5.61. The van der Waals surface area contributed by atoms with Crippen LogP contribution in [0.5, 0.6) is 0 Å². The number of nitrogens with two attached hydrogens (primary N) is 1. The van der Waals surface area contributed by atoms with Crippen molar-refractivity contribution in [3.8, 4) is 0 Å². The van der Waals surface area contributed by atoms with E-state index < -0.39 is 5.54 Å². The van der Waals surface area contributed by atoms with Crippen molar-refractivity contribution >= 4 is 11.8 Å². The summed E-state index contributed by atoms with van der Waals surface area (Å²) < 4.78 is 5.12. The quantitative estimate of drug-likeness (QED) is 0.664. The number of hydrogen-bond acceptors (Lipinski definition) is 7. The Kier molecular flexibility index (Phi) is 3.63. The Bertz CT molecular complexity index is 517. The van der Waals surface area contributed by atoms with Crippen molar-refractivity contribution in [3.63, 3.8) is 0 Å². The zero-order valence-electron chi connectivity index (χ0n) is 10.5. The first-order valence-corrected chi connectivity index (χ1v) is 6.47. The zero-order valence-corrected chi connectivity index (χ0v) is 11.4. The minimum atomic E-state index is -0.591. The van der Waals surface area contributed by atoms with Crippen molar-refractivity contribution in [1.29, 1.82) is 0 Å². The molecule has 0 radical (unpaired) electrons. The molecule has 6 nitrogen and oxygen atoms in total. The molecule has 0 aliphatic rings. The van der Waals surface area contributed by atoms with Crippen LogP contribution in [-0.4, -0.2) is 20.1 Å². The molecule has 0 saturated carbocycles. The van der Waals surface area contributed by atoms with Crippen LogP contribution in [0.2, 0.25) is 0 Å². The van der Waals surface area contributed by atoms with Gasteiger partial charge in [-0.05, 0) is 26.3 Å². The van der Waals surface area contributed by atoms with Crippen LogP contribution >= 0.6 is 11.8 Å². The third kappa shape index (κ3) is 3.27. The maximum Gasteiger partial charge on any atom is 0.237 e. The lowest BCUT2D eigenvalue weighted by Crippen LogP contribution is -2.30. The van der Waals surface area contributed by atoms with Gasteiger partial charge < -0.3 is 10.3 Å². The molecule has 2 heterocycles. The lowest BCUT2D eigenvalue weighted by Gasteiger charge is -2.11. The maximum absolute atomic E-state index is 5.88. The van der Waals surface area contributed by atoms with Gasteiger partial charge in [0, 0.05) is 12.4 Å². The van der Waals surface area contributed by atoms with Gasteiger partial charge in [0.2, 0.25) is 5.89 Å². The molecule has 0 fully saturated rings. The Balaban J connectivity index is 1.98. The van der Waals surface area contributed by atoms with Crippen molar-refractivity contribution in [2.24, 2.45) is 5.73 Å². The monoisotopic (exact) mass is 265 g/mol. The van der Waals surface area contributed by atoms with Crippen LogP contribution in [0, 0.1) is 6.92 Å². The third-order valence-electron chi connectivity index (χ3n) is 2.13. The Morgan fingerprint density at radius 3 is 2.56 bits per heavy atom. The van der Waals surface area contributed by atoms with E-state index in [2.05, 4.69) is 20.1 Å². The van der Waals surface area contributed by atoms with E-state index in [0.717, 1.165) is 5.56 Å². The Morgan fingerprint density at radius 2 is 2.00 bits per heavy atom. The van der Waals surface area contributed by atoms with Crippen LogP contribution in [0.15, 0.2) is 22.1 Å². The van der Waals surface area contributed by atoms with Gasteiger partial charge in [-0.15, -0.1) is 0 Å². The summed E-state index contributed by atoms with van der Waals surface area (Å²) in [5, 5.41) is 4.54. The number of thioether (sulfide) groups is 1. The van der Waals surface area contributed by atoms with E-state index in [9.17, 15) is 0 Å². The van der Waals surface area contributed by atoms with Crippen molar-refractivity contribution in [1.82, 2.24) is 20.1 Å². The molecule has 2 aromatic heterocycles. The average molecular weight is 265 g/mol. The standard InChI is InChI=1S/C11H15N5OS/c1-7-4-13-10(14-5-7)18-6-8-15-9(16-17-8)11(2,3)12/h4-5H,6,12H2,1-3H3. The molecule has 0 aliphatic carbocycles. The predicted molar refractivity (Wildman–Crippen MR) is 67.8 cm³/mol. The topological polar surface area (TPSA) is 90.7 Å². The highest BCUT2D eigenvalue weighted by molar-refractivity contribution is 7.98. The van der Waals surface area contributed by atoms with Gasteiger partial charge in [0.05, 0.1) is 11.3 Å². The summed E-state index contributed by atoms with van der Waals surface area (Å²) >= 11 is 1.45. The van der Waals surface area contributed by atoms with Crippen LogP contribution in [0.4, 0.5) is 0 Å². The first-order chi connectivity index (χ1) is 8.45. The summed E-state index contributed by atoms with van der Waals surface area (Å²) in [4.78, 5) is 12.6. The van der Waals surface area contributed by atoms with Crippen LogP contribution in [0.1, 0.15) is 31.1 Å². The molecule has 7 heteroatoms. The molecule has 96 valence electrons. The number of aromatic nitrogens is 4. The second-order valence-corrected chi connectivity index (χ2v) is 5.51. The van der Waals surface area contributed by atoms with Crippen molar-refractivity contribution in [3.05, 3.63) is 29.7 Å². The summed E-state index contributed by atoms with van der Waals surface area (Å²) in [6, 6.07) is 0. The molecule has 0 unspecified atom stereocenters. The summed E-state index contributed by atoms with van der Waals surface area (Å²) in [5.41, 5.74) is 6.32. The van der Waals surface area contributed by atoms with Crippen molar-refractivity contribution in [2.45, 2.75) is 37.2 Å². The number of hydrogen-bond donors (Lipinski definition) is 1. The molecular weight excluding hydrogens is 250 g/mol. The Hall–Kier alpha value is -1.47. The first kappa shape index (κ1) is 13.0. The van der Waals surface area contributed by atoms with Crippen LogP contribution in [0.3, 0.4) is 0 Å². The Morgan fingerprint density at radius 1 is 1.33 bits per heavy atom. The average Bonchev–Trinajstić information content (AvgIpc) is 2.77. The Labute approximate surface area is 109 Å². The normalized spacial score (nSPS) is 11.8. The second kappa shape index (κ2) is 5.03. The van der Waals surface area contributed by atoms with E-state index in [1.807, 2.05) is 20.8 Å². The van der Waals surface area contributed by atoms with Gasteiger partial charge in [0.15, 0.2) is 11.0 Å². The molecule has 0 spiro atoms.